The Morgan fingerprint density at radius 1 is 0.895 bits per heavy atom. The van der Waals surface area contributed by atoms with Crippen LogP contribution in [0.25, 0.3) is 0 Å². The molecule has 2 rings (SSSR count). The molecule has 0 heterocycles. The zero-order valence-electron chi connectivity index (χ0n) is 12.3. The van der Waals surface area contributed by atoms with Crippen molar-refractivity contribution in [1.82, 2.24) is 0 Å². The van der Waals surface area contributed by atoms with Crippen molar-refractivity contribution in [2.24, 2.45) is 0 Å². The van der Waals surface area contributed by atoms with Crippen molar-refractivity contribution in [1.29, 1.82) is 0 Å². The lowest BCUT2D eigenvalue weighted by Crippen LogP contribution is -2.01. The summed E-state index contributed by atoms with van der Waals surface area (Å²) in [6.45, 7) is 9.24. The minimum Gasteiger partial charge on any atom is -0.489 e. The monoisotopic (exact) mass is 254 g/mol. The third kappa shape index (κ3) is 3.37. The van der Waals surface area contributed by atoms with Gasteiger partial charge in [-0.2, -0.15) is 0 Å². The van der Waals surface area contributed by atoms with Crippen molar-refractivity contribution in [3.8, 4) is 5.75 Å². The maximum atomic E-state index is 5.89. The van der Waals surface area contributed by atoms with Gasteiger partial charge in [-0.05, 0) is 61.6 Å². The SMILES string of the molecule is CCc1ccc(OCc2c(C)cc(C)cc2C)cc1. The summed E-state index contributed by atoms with van der Waals surface area (Å²) in [6, 6.07) is 12.8. The van der Waals surface area contributed by atoms with Gasteiger partial charge in [-0.15, -0.1) is 0 Å². The molecule has 1 heteroatoms. The lowest BCUT2D eigenvalue weighted by Gasteiger charge is -2.13. The van der Waals surface area contributed by atoms with Gasteiger partial charge in [0, 0.05) is 0 Å². The van der Waals surface area contributed by atoms with Crippen molar-refractivity contribution in [2.45, 2.75) is 40.7 Å². The molecule has 0 bridgehead atoms. The maximum Gasteiger partial charge on any atom is 0.119 e. The summed E-state index contributed by atoms with van der Waals surface area (Å²) < 4.78 is 5.89. The highest BCUT2D eigenvalue weighted by Crippen LogP contribution is 2.20. The van der Waals surface area contributed by atoms with E-state index < -0.39 is 0 Å². The molecule has 19 heavy (non-hydrogen) atoms. The molecule has 0 amide bonds. The van der Waals surface area contributed by atoms with E-state index in [0.29, 0.717) is 6.61 Å². The van der Waals surface area contributed by atoms with E-state index >= 15 is 0 Å². The van der Waals surface area contributed by atoms with Gasteiger partial charge in [-0.3, -0.25) is 0 Å². The Labute approximate surface area is 116 Å². The highest BCUT2D eigenvalue weighted by atomic mass is 16.5. The molecule has 0 aliphatic carbocycles. The molecular formula is C18H22O. The molecule has 0 aliphatic rings. The number of ether oxygens (including phenoxy) is 1. The van der Waals surface area contributed by atoms with Crippen molar-refractivity contribution in [2.75, 3.05) is 0 Å². The molecule has 2 aromatic carbocycles. The van der Waals surface area contributed by atoms with E-state index in [1.807, 2.05) is 0 Å². The molecule has 0 aliphatic heterocycles. The summed E-state index contributed by atoms with van der Waals surface area (Å²) in [6.07, 6.45) is 1.07. The zero-order valence-corrected chi connectivity index (χ0v) is 12.3. The Bertz CT molecular complexity index is 529. The van der Waals surface area contributed by atoms with E-state index in [1.54, 1.807) is 0 Å². The fourth-order valence-electron chi connectivity index (χ4n) is 2.41. The van der Waals surface area contributed by atoms with Gasteiger partial charge < -0.3 is 4.74 Å². The minimum absolute atomic E-state index is 0.642. The highest BCUT2D eigenvalue weighted by Gasteiger charge is 2.05. The molecule has 0 saturated heterocycles. The lowest BCUT2D eigenvalue weighted by atomic mass is 10.0. The van der Waals surface area contributed by atoms with Crippen LogP contribution in [0, 0.1) is 20.8 Å². The third-order valence-electron chi connectivity index (χ3n) is 3.56. The summed E-state index contributed by atoms with van der Waals surface area (Å²) in [5.41, 5.74) is 6.57. The van der Waals surface area contributed by atoms with Gasteiger partial charge in [0.2, 0.25) is 0 Å². The minimum atomic E-state index is 0.642. The van der Waals surface area contributed by atoms with Crippen molar-refractivity contribution < 1.29 is 4.74 Å². The van der Waals surface area contributed by atoms with E-state index in [-0.39, 0.29) is 0 Å². The number of hydrogen-bond donors (Lipinski definition) is 0. The molecule has 0 atom stereocenters. The van der Waals surface area contributed by atoms with Crippen LogP contribution in [0.1, 0.15) is 34.7 Å². The van der Waals surface area contributed by atoms with Gasteiger partial charge in [-0.1, -0.05) is 36.8 Å². The largest absolute Gasteiger partial charge is 0.489 e. The molecule has 0 spiro atoms. The van der Waals surface area contributed by atoms with E-state index in [9.17, 15) is 0 Å². The van der Waals surface area contributed by atoms with Crippen LogP contribution in [0.4, 0.5) is 0 Å². The molecule has 100 valence electrons. The van der Waals surface area contributed by atoms with E-state index in [4.69, 9.17) is 4.74 Å². The van der Waals surface area contributed by atoms with E-state index in [2.05, 4.69) is 64.1 Å². The number of aryl methyl sites for hydroxylation is 4. The Morgan fingerprint density at radius 3 is 2.00 bits per heavy atom. The summed E-state index contributed by atoms with van der Waals surface area (Å²) in [5, 5.41) is 0. The summed E-state index contributed by atoms with van der Waals surface area (Å²) in [4.78, 5) is 0. The lowest BCUT2D eigenvalue weighted by molar-refractivity contribution is 0.304. The molecule has 1 nitrogen and oxygen atoms in total. The van der Waals surface area contributed by atoms with E-state index in [0.717, 1.165) is 12.2 Å². The number of rotatable bonds is 4. The van der Waals surface area contributed by atoms with Crippen molar-refractivity contribution in [3.05, 3.63) is 64.2 Å². The fraction of sp³-hybridized carbons (Fsp3) is 0.333. The number of hydrogen-bond acceptors (Lipinski definition) is 1. The average Bonchev–Trinajstić information content (AvgIpc) is 2.38. The van der Waals surface area contributed by atoms with Crippen LogP contribution >= 0.6 is 0 Å². The van der Waals surface area contributed by atoms with Crippen molar-refractivity contribution >= 4 is 0 Å². The second-order valence-electron chi connectivity index (χ2n) is 5.16. The van der Waals surface area contributed by atoms with Crippen LogP contribution in [-0.4, -0.2) is 0 Å². The van der Waals surface area contributed by atoms with Crippen LogP contribution in [0.5, 0.6) is 5.75 Å². The Morgan fingerprint density at radius 2 is 1.47 bits per heavy atom. The molecule has 0 aromatic heterocycles. The first-order valence-corrected chi connectivity index (χ1v) is 6.88. The van der Waals surface area contributed by atoms with Crippen molar-refractivity contribution in [3.63, 3.8) is 0 Å². The molecule has 0 unspecified atom stereocenters. The average molecular weight is 254 g/mol. The molecule has 0 radical (unpaired) electrons. The smallest absolute Gasteiger partial charge is 0.119 e. The van der Waals surface area contributed by atoms with Crippen LogP contribution in [-0.2, 0) is 13.0 Å². The Kier molecular flexibility index (Phi) is 4.26. The predicted octanol–water partition coefficient (Wildman–Crippen LogP) is 4.75. The van der Waals surface area contributed by atoms with Crippen LogP contribution in [0.3, 0.4) is 0 Å². The first kappa shape index (κ1) is 13.7. The first-order valence-electron chi connectivity index (χ1n) is 6.88. The van der Waals surface area contributed by atoms with Gasteiger partial charge in [0.1, 0.15) is 12.4 Å². The Hall–Kier alpha value is -1.76. The zero-order chi connectivity index (χ0) is 13.8. The predicted molar refractivity (Wildman–Crippen MR) is 80.8 cm³/mol. The normalized spacial score (nSPS) is 10.5. The van der Waals surface area contributed by atoms with Gasteiger partial charge >= 0.3 is 0 Å². The maximum absolute atomic E-state index is 5.89. The molecule has 0 N–H and O–H groups in total. The highest BCUT2D eigenvalue weighted by molar-refractivity contribution is 5.37. The first-order chi connectivity index (χ1) is 9.10. The molecule has 0 saturated carbocycles. The van der Waals surface area contributed by atoms with Gasteiger partial charge in [-0.25, -0.2) is 0 Å². The standard InChI is InChI=1S/C18H22O/c1-5-16-6-8-17(9-7-16)19-12-18-14(3)10-13(2)11-15(18)4/h6-11H,5,12H2,1-4H3. The van der Waals surface area contributed by atoms with E-state index in [1.165, 1.54) is 27.8 Å². The molecule has 2 aromatic rings. The third-order valence-corrected chi connectivity index (χ3v) is 3.56. The summed E-state index contributed by atoms with van der Waals surface area (Å²) in [7, 11) is 0. The summed E-state index contributed by atoms with van der Waals surface area (Å²) in [5.74, 6) is 0.941. The van der Waals surface area contributed by atoms with Crippen LogP contribution in [0.15, 0.2) is 36.4 Å². The number of benzene rings is 2. The Balaban J connectivity index is 2.10. The second kappa shape index (κ2) is 5.92. The van der Waals surface area contributed by atoms with Crippen LogP contribution in [0.2, 0.25) is 0 Å². The summed E-state index contributed by atoms with van der Waals surface area (Å²) >= 11 is 0. The van der Waals surface area contributed by atoms with Gasteiger partial charge in [0.25, 0.3) is 0 Å². The molecule has 0 fully saturated rings. The molecular weight excluding hydrogens is 232 g/mol. The fourth-order valence-corrected chi connectivity index (χ4v) is 2.41. The van der Waals surface area contributed by atoms with Gasteiger partial charge in [0.15, 0.2) is 0 Å². The van der Waals surface area contributed by atoms with Crippen LogP contribution < -0.4 is 4.74 Å². The topological polar surface area (TPSA) is 9.23 Å². The quantitative estimate of drug-likeness (QED) is 0.764. The van der Waals surface area contributed by atoms with Gasteiger partial charge in [0.05, 0.1) is 0 Å². The second-order valence-corrected chi connectivity index (χ2v) is 5.16.